The highest BCUT2D eigenvalue weighted by Crippen LogP contribution is 2.27. The van der Waals surface area contributed by atoms with Gasteiger partial charge in [-0.2, -0.15) is 0 Å². The molecule has 7 nitrogen and oxygen atoms in total. The number of nitrogens with two attached hydrogens (primary N) is 1. The summed E-state index contributed by atoms with van der Waals surface area (Å²) in [5.74, 6) is -0.628. The summed E-state index contributed by atoms with van der Waals surface area (Å²) in [7, 11) is 2.85. The average Bonchev–Trinajstić information content (AvgIpc) is 2.36. The Hall–Kier alpha value is -2.28. The summed E-state index contributed by atoms with van der Waals surface area (Å²) >= 11 is 0. The lowest BCUT2D eigenvalue weighted by Crippen LogP contribution is -2.29. The average molecular weight is 254 g/mol. The molecule has 0 radical (unpaired) electrons. The number of ether oxygens (including phenoxy) is 2. The van der Waals surface area contributed by atoms with Crippen LogP contribution in [0.5, 0.6) is 11.5 Å². The third-order valence-electron chi connectivity index (χ3n) is 2.03. The molecule has 98 valence electrons. The van der Waals surface area contributed by atoms with Crippen molar-refractivity contribution in [2.24, 2.45) is 5.73 Å². The molecule has 0 aromatic heterocycles. The summed E-state index contributed by atoms with van der Waals surface area (Å²) in [4.78, 5) is 26.9. The van der Waals surface area contributed by atoms with Crippen LogP contribution in [0.1, 0.15) is 10.4 Å². The molecular weight excluding hydrogens is 240 g/mol. The molecule has 0 aliphatic carbocycles. The zero-order chi connectivity index (χ0) is 13.5. The normalized spacial score (nSPS) is 9.67. The number of methoxy groups -OCH3 is 2. The molecule has 0 atom stereocenters. The molecule has 0 spiro atoms. The van der Waals surface area contributed by atoms with Gasteiger partial charge in [0.25, 0.3) is 5.91 Å². The maximum atomic E-state index is 11.8. The Kier molecular flexibility index (Phi) is 4.94. The second-order valence-corrected chi connectivity index (χ2v) is 3.22. The first-order valence-corrected chi connectivity index (χ1v) is 5.01. The smallest absolute Gasteiger partial charge is 0.282 e. The number of nitrogens with one attached hydrogen (secondary N) is 1. The van der Waals surface area contributed by atoms with Gasteiger partial charge in [0.1, 0.15) is 17.1 Å². The summed E-state index contributed by atoms with van der Waals surface area (Å²) in [5.41, 5.74) is 7.12. The van der Waals surface area contributed by atoms with E-state index in [1.807, 2.05) is 0 Å². The lowest BCUT2D eigenvalue weighted by atomic mass is 10.1. The number of carbonyl (C=O) groups excluding carboxylic acids is 2. The molecule has 0 fully saturated rings. The van der Waals surface area contributed by atoms with Crippen LogP contribution in [0, 0.1) is 0 Å². The maximum absolute atomic E-state index is 11.8. The van der Waals surface area contributed by atoms with Gasteiger partial charge in [-0.05, 0) is 12.1 Å². The van der Waals surface area contributed by atoms with Gasteiger partial charge < -0.3 is 15.2 Å². The third kappa shape index (κ3) is 3.36. The van der Waals surface area contributed by atoms with Gasteiger partial charge in [0.05, 0.1) is 14.2 Å². The van der Waals surface area contributed by atoms with Gasteiger partial charge in [-0.3, -0.25) is 14.4 Å². The Morgan fingerprint density at radius 2 is 1.78 bits per heavy atom. The van der Waals surface area contributed by atoms with Crippen molar-refractivity contribution < 1.29 is 23.9 Å². The number of hydrogen-bond acceptors (Lipinski definition) is 5. The second kappa shape index (κ2) is 6.45. The molecular formula is C11H14N2O5. The molecule has 18 heavy (non-hydrogen) atoms. The van der Waals surface area contributed by atoms with Crippen LogP contribution in [-0.2, 0) is 9.63 Å². The van der Waals surface area contributed by atoms with Crippen molar-refractivity contribution in [1.29, 1.82) is 0 Å². The highest BCUT2D eigenvalue weighted by Gasteiger charge is 2.18. The van der Waals surface area contributed by atoms with Crippen molar-refractivity contribution in [3.8, 4) is 11.5 Å². The van der Waals surface area contributed by atoms with E-state index in [0.29, 0.717) is 11.5 Å². The standard InChI is InChI=1S/C11H14N2O5/c1-16-7-4-3-5-8(17-2)10(7)11(15)13-18-6-9(12)14/h3-5H,6H2,1-2H3,(H2,12,14)(H,13,15). The summed E-state index contributed by atoms with van der Waals surface area (Å²) in [6.45, 7) is -0.413. The van der Waals surface area contributed by atoms with Crippen molar-refractivity contribution >= 4 is 11.8 Å². The van der Waals surface area contributed by atoms with Crippen LogP contribution in [0.2, 0.25) is 0 Å². The van der Waals surface area contributed by atoms with E-state index in [0.717, 1.165) is 0 Å². The van der Waals surface area contributed by atoms with Crippen molar-refractivity contribution in [3.63, 3.8) is 0 Å². The van der Waals surface area contributed by atoms with Crippen molar-refractivity contribution in [2.75, 3.05) is 20.8 Å². The monoisotopic (exact) mass is 254 g/mol. The van der Waals surface area contributed by atoms with E-state index in [4.69, 9.17) is 15.2 Å². The number of primary amides is 1. The number of amides is 2. The fourth-order valence-electron chi connectivity index (χ4n) is 1.30. The van der Waals surface area contributed by atoms with Crippen molar-refractivity contribution in [1.82, 2.24) is 5.48 Å². The predicted molar refractivity (Wildman–Crippen MR) is 62.2 cm³/mol. The van der Waals surface area contributed by atoms with Crippen LogP contribution < -0.4 is 20.7 Å². The lowest BCUT2D eigenvalue weighted by Gasteiger charge is -2.12. The molecule has 1 aromatic carbocycles. The summed E-state index contributed by atoms with van der Waals surface area (Å²) in [5, 5.41) is 0. The molecule has 0 aliphatic rings. The van der Waals surface area contributed by atoms with Gasteiger partial charge in [-0.15, -0.1) is 0 Å². The van der Waals surface area contributed by atoms with E-state index >= 15 is 0 Å². The van der Waals surface area contributed by atoms with Gasteiger partial charge in [-0.1, -0.05) is 6.07 Å². The molecule has 0 heterocycles. The SMILES string of the molecule is COc1cccc(OC)c1C(=O)NOCC(N)=O. The summed E-state index contributed by atoms with van der Waals surface area (Å²) < 4.78 is 10.1. The summed E-state index contributed by atoms with van der Waals surface area (Å²) in [6, 6.07) is 4.88. The Balaban J connectivity index is 2.86. The van der Waals surface area contributed by atoms with Gasteiger partial charge in [0, 0.05) is 0 Å². The first-order valence-electron chi connectivity index (χ1n) is 5.01. The predicted octanol–water partition coefficient (Wildman–Crippen LogP) is -0.150. The second-order valence-electron chi connectivity index (χ2n) is 3.22. The van der Waals surface area contributed by atoms with Gasteiger partial charge in [0.2, 0.25) is 5.91 Å². The van der Waals surface area contributed by atoms with Crippen LogP contribution in [0.15, 0.2) is 18.2 Å². The Morgan fingerprint density at radius 3 is 2.22 bits per heavy atom. The topological polar surface area (TPSA) is 99.9 Å². The highest BCUT2D eigenvalue weighted by atomic mass is 16.7. The molecule has 2 amide bonds. The molecule has 0 saturated carbocycles. The van der Waals surface area contributed by atoms with Crippen LogP contribution in [0.4, 0.5) is 0 Å². The largest absolute Gasteiger partial charge is 0.496 e. The van der Waals surface area contributed by atoms with Crippen molar-refractivity contribution in [3.05, 3.63) is 23.8 Å². The van der Waals surface area contributed by atoms with Crippen LogP contribution in [0.25, 0.3) is 0 Å². The van der Waals surface area contributed by atoms with Crippen LogP contribution in [0.3, 0.4) is 0 Å². The Morgan fingerprint density at radius 1 is 1.22 bits per heavy atom. The van der Waals surface area contributed by atoms with Crippen molar-refractivity contribution in [2.45, 2.75) is 0 Å². The first-order chi connectivity index (χ1) is 8.60. The van der Waals surface area contributed by atoms with E-state index in [-0.39, 0.29) is 5.56 Å². The summed E-state index contributed by atoms with van der Waals surface area (Å²) in [6.07, 6.45) is 0. The van der Waals surface area contributed by atoms with E-state index in [2.05, 4.69) is 10.3 Å². The quantitative estimate of drug-likeness (QED) is 0.688. The molecule has 3 N–H and O–H groups in total. The lowest BCUT2D eigenvalue weighted by molar-refractivity contribution is -0.124. The highest BCUT2D eigenvalue weighted by molar-refractivity contribution is 5.99. The molecule has 0 bridgehead atoms. The van der Waals surface area contributed by atoms with Gasteiger partial charge >= 0.3 is 0 Å². The fourth-order valence-corrected chi connectivity index (χ4v) is 1.30. The zero-order valence-corrected chi connectivity index (χ0v) is 10.1. The minimum absolute atomic E-state index is 0.173. The molecule has 0 saturated heterocycles. The van der Waals surface area contributed by atoms with Crippen LogP contribution >= 0.6 is 0 Å². The van der Waals surface area contributed by atoms with Crippen LogP contribution in [-0.4, -0.2) is 32.6 Å². The minimum Gasteiger partial charge on any atom is -0.496 e. The molecule has 1 aromatic rings. The molecule has 0 aliphatic heterocycles. The number of hydrogen-bond donors (Lipinski definition) is 2. The maximum Gasteiger partial charge on any atom is 0.282 e. The Labute approximate surface area is 104 Å². The van der Waals surface area contributed by atoms with Gasteiger partial charge in [-0.25, -0.2) is 5.48 Å². The Bertz CT molecular complexity index is 425. The van der Waals surface area contributed by atoms with E-state index in [9.17, 15) is 9.59 Å². The molecule has 7 heteroatoms. The number of rotatable bonds is 6. The molecule has 1 rings (SSSR count). The van der Waals surface area contributed by atoms with E-state index < -0.39 is 18.4 Å². The number of benzene rings is 1. The third-order valence-corrected chi connectivity index (χ3v) is 2.03. The number of hydroxylamine groups is 1. The zero-order valence-electron chi connectivity index (χ0n) is 10.1. The van der Waals surface area contributed by atoms with E-state index in [1.165, 1.54) is 14.2 Å². The fraction of sp³-hybridized carbons (Fsp3) is 0.273. The minimum atomic E-state index is -0.692. The first kappa shape index (κ1) is 13.8. The molecule has 0 unspecified atom stereocenters. The van der Waals surface area contributed by atoms with Gasteiger partial charge in [0.15, 0.2) is 6.61 Å². The van der Waals surface area contributed by atoms with E-state index in [1.54, 1.807) is 18.2 Å². The number of carbonyl (C=O) groups is 2.